The van der Waals surface area contributed by atoms with Crippen molar-refractivity contribution in [2.45, 2.75) is 26.7 Å². The van der Waals surface area contributed by atoms with E-state index in [-0.39, 0.29) is 12.3 Å². The van der Waals surface area contributed by atoms with Crippen molar-refractivity contribution < 1.29 is 5.11 Å². The van der Waals surface area contributed by atoms with Crippen molar-refractivity contribution in [3.8, 4) is 17.9 Å². The Labute approximate surface area is 171 Å². The van der Waals surface area contributed by atoms with Crippen molar-refractivity contribution in [1.29, 1.82) is 5.26 Å². The van der Waals surface area contributed by atoms with Crippen LogP contribution in [0.5, 0.6) is 0 Å². The van der Waals surface area contributed by atoms with Gasteiger partial charge in [-0.15, -0.1) is 0 Å². The van der Waals surface area contributed by atoms with Crippen molar-refractivity contribution >= 4 is 17.3 Å². The summed E-state index contributed by atoms with van der Waals surface area (Å²) in [6.45, 7) is 6.75. The lowest BCUT2D eigenvalue weighted by molar-refractivity contribution is 0.350. The van der Waals surface area contributed by atoms with E-state index in [9.17, 15) is 0 Å². The van der Waals surface area contributed by atoms with Crippen LogP contribution >= 0.6 is 0 Å². The second kappa shape index (κ2) is 12.3. The maximum absolute atomic E-state index is 8.97. The van der Waals surface area contributed by atoms with Crippen LogP contribution in [-0.4, -0.2) is 46.3 Å². The normalized spacial score (nSPS) is 13.2. The number of aromatic nitrogens is 3. The first-order chi connectivity index (χ1) is 14.3. The Morgan fingerprint density at radius 1 is 1.14 bits per heavy atom. The van der Waals surface area contributed by atoms with Gasteiger partial charge in [-0.1, -0.05) is 25.7 Å². The zero-order valence-corrected chi connectivity index (χ0v) is 16.9. The molecule has 1 fully saturated rings. The van der Waals surface area contributed by atoms with E-state index in [1.165, 1.54) is 12.4 Å². The fourth-order valence-electron chi connectivity index (χ4n) is 2.83. The average molecular weight is 393 g/mol. The number of aliphatic hydroxyl groups excluding tert-OH is 1. The van der Waals surface area contributed by atoms with Gasteiger partial charge in [0.2, 0.25) is 0 Å². The molecule has 0 radical (unpaired) electrons. The van der Waals surface area contributed by atoms with E-state index >= 15 is 0 Å². The molecule has 152 valence electrons. The van der Waals surface area contributed by atoms with E-state index < -0.39 is 0 Å². The number of hydrogen-bond acceptors (Lipinski definition) is 8. The number of rotatable bonds is 5. The topological polar surface area (TPSA) is 119 Å². The minimum absolute atomic E-state index is 0.200. The molecule has 29 heavy (non-hydrogen) atoms. The summed E-state index contributed by atoms with van der Waals surface area (Å²) in [5.74, 6) is 7.30. The van der Waals surface area contributed by atoms with Gasteiger partial charge < -0.3 is 21.1 Å². The molecule has 0 unspecified atom stereocenters. The SMILES string of the molecule is CC.N#Cc1cnc(Nc2cc(NCC3CCNCC3)c(C#CCO)cn2)cn1. The predicted octanol–water partition coefficient (Wildman–Crippen LogP) is 2.27. The van der Waals surface area contributed by atoms with Crippen LogP contribution < -0.4 is 16.0 Å². The Morgan fingerprint density at radius 3 is 2.55 bits per heavy atom. The molecule has 3 rings (SSSR count). The van der Waals surface area contributed by atoms with Gasteiger partial charge in [0, 0.05) is 18.8 Å². The predicted molar refractivity (Wildman–Crippen MR) is 114 cm³/mol. The van der Waals surface area contributed by atoms with Crippen LogP contribution in [0.2, 0.25) is 0 Å². The first-order valence-corrected chi connectivity index (χ1v) is 9.82. The maximum atomic E-state index is 8.97. The maximum Gasteiger partial charge on any atom is 0.158 e. The Kier molecular flexibility index (Phi) is 9.37. The van der Waals surface area contributed by atoms with Gasteiger partial charge in [-0.05, 0) is 31.8 Å². The summed E-state index contributed by atoms with van der Waals surface area (Å²) < 4.78 is 0. The molecule has 1 aliphatic rings. The molecule has 4 N–H and O–H groups in total. The number of anilines is 3. The van der Waals surface area contributed by atoms with Crippen LogP contribution in [0.25, 0.3) is 0 Å². The average Bonchev–Trinajstić information content (AvgIpc) is 2.79. The Hall–Kier alpha value is -3.20. The molecule has 2 aromatic rings. The zero-order chi connectivity index (χ0) is 20.9. The summed E-state index contributed by atoms with van der Waals surface area (Å²) >= 11 is 0. The molecule has 8 nitrogen and oxygen atoms in total. The molecule has 1 aliphatic heterocycles. The lowest BCUT2D eigenvalue weighted by atomic mass is 9.98. The number of nitrogens with zero attached hydrogens (tertiary/aromatic N) is 4. The quantitative estimate of drug-likeness (QED) is 0.571. The number of piperidine rings is 1. The van der Waals surface area contributed by atoms with Crippen molar-refractivity contribution in [1.82, 2.24) is 20.3 Å². The van der Waals surface area contributed by atoms with Crippen LogP contribution in [0.15, 0.2) is 24.7 Å². The van der Waals surface area contributed by atoms with Crippen molar-refractivity contribution in [3.63, 3.8) is 0 Å². The number of hydrogen-bond donors (Lipinski definition) is 4. The highest BCUT2D eigenvalue weighted by molar-refractivity contribution is 5.65. The smallest absolute Gasteiger partial charge is 0.158 e. The summed E-state index contributed by atoms with van der Waals surface area (Å²) in [6, 6.07) is 3.80. The Morgan fingerprint density at radius 2 is 1.90 bits per heavy atom. The van der Waals surface area contributed by atoms with Gasteiger partial charge in [-0.2, -0.15) is 5.26 Å². The first-order valence-electron chi connectivity index (χ1n) is 9.82. The van der Waals surface area contributed by atoms with E-state index in [1.807, 2.05) is 26.0 Å². The molecule has 0 amide bonds. The van der Waals surface area contributed by atoms with Crippen LogP contribution in [0.4, 0.5) is 17.3 Å². The summed E-state index contributed by atoms with van der Waals surface area (Å²) in [7, 11) is 0. The van der Waals surface area contributed by atoms with Gasteiger partial charge in [0.05, 0.1) is 23.6 Å². The highest BCUT2D eigenvalue weighted by Crippen LogP contribution is 2.22. The molecular formula is C21H27N7O. The minimum atomic E-state index is -0.200. The molecule has 0 spiro atoms. The van der Waals surface area contributed by atoms with Crippen molar-refractivity contribution in [2.24, 2.45) is 5.92 Å². The van der Waals surface area contributed by atoms with Gasteiger partial charge in [0.15, 0.2) is 5.69 Å². The lowest BCUT2D eigenvalue weighted by Crippen LogP contribution is -2.31. The van der Waals surface area contributed by atoms with Crippen molar-refractivity contribution in [2.75, 3.05) is 36.9 Å². The molecule has 0 bridgehead atoms. The molecule has 0 aliphatic carbocycles. The van der Waals surface area contributed by atoms with E-state index in [1.54, 1.807) is 6.20 Å². The molecular weight excluding hydrogens is 366 g/mol. The molecule has 8 heteroatoms. The zero-order valence-electron chi connectivity index (χ0n) is 16.9. The largest absolute Gasteiger partial charge is 0.384 e. The summed E-state index contributed by atoms with van der Waals surface area (Å²) in [6.07, 6.45) is 6.83. The van der Waals surface area contributed by atoms with Crippen molar-refractivity contribution in [3.05, 3.63) is 35.9 Å². The van der Waals surface area contributed by atoms with Crippen LogP contribution in [-0.2, 0) is 0 Å². The number of aliphatic hydroxyl groups is 1. The third kappa shape index (κ3) is 7.04. The molecule has 0 saturated carbocycles. The summed E-state index contributed by atoms with van der Waals surface area (Å²) in [4.78, 5) is 12.5. The first kappa shape index (κ1) is 22.1. The van der Waals surface area contributed by atoms with E-state index in [2.05, 4.69) is 42.7 Å². The minimum Gasteiger partial charge on any atom is -0.384 e. The molecule has 2 aromatic heterocycles. The molecule has 1 saturated heterocycles. The third-order valence-electron chi connectivity index (χ3n) is 4.27. The molecule has 3 heterocycles. The van der Waals surface area contributed by atoms with Gasteiger partial charge in [-0.25, -0.2) is 15.0 Å². The van der Waals surface area contributed by atoms with E-state index in [0.29, 0.717) is 17.6 Å². The fraction of sp³-hybridized carbons (Fsp3) is 0.429. The van der Waals surface area contributed by atoms with E-state index in [4.69, 9.17) is 10.4 Å². The summed E-state index contributed by atoms with van der Waals surface area (Å²) in [5.41, 5.74) is 1.84. The molecule has 0 atom stereocenters. The lowest BCUT2D eigenvalue weighted by Gasteiger charge is -2.23. The van der Waals surface area contributed by atoms with E-state index in [0.717, 1.165) is 43.7 Å². The third-order valence-corrected chi connectivity index (χ3v) is 4.27. The number of pyridine rings is 1. The standard InChI is InChI=1S/C19H21N7O.C2H6/c20-9-16-12-25-19(13-22-16)26-18-8-17(15(11-24-18)2-1-7-27)23-10-14-3-5-21-6-4-14;1-2/h8,11-14,21,27H,3-7,10H2,(H2,23,24,25,26);1-2H3. The van der Waals surface area contributed by atoms with Gasteiger partial charge in [0.1, 0.15) is 24.3 Å². The van der Waals surface area contributed by atoms with Gasteiger partial charge in [-0.3, -0.25) is 0 Å². The van der Waals surface area contributed by atoms with Gasteiger partial charge >= 0.3 is 0 Å². The Bertz CT molecular complexity index is 859. The van der Waals surface area contributed by atoms with Crippen LogP contribution in [0.1, 0.15) is 37.9 Å². The van der Waals surface area contributed by atoms with Gasteiger partial charge in [0.25, 0.3) is 0 Å². The number of nitrogens with one attached hydrogen (secondary N) is 3. The highest BCUT2D eigenvalue weighted by Gasteiger charge is 2.13. The Balaban J connectivity index is 0.00000145. The summed E-state index contributed by atoms with van der Waals surface area (Å²) in [5, 5.41) is 27.7. The monoisotopic (exact) mass is 393 g/mol. The molecule has 0 aromatic carbocycles. The fourth-order valence-corrected chi connectivity index (χ4v) is 2.83. The number of nitriles is 1. The highest BCUT2D eigenvalue weighted by atomic mass is 16.2. The second-order valence-corrected chi connectivity index (χ2v) is 6.17. The van der Waals surface area contributed by atoms with Crippen LogP contribution in [0, 0.1) is 29.1 Å². The second-order valence-electron chi connectivity index (χ2n) is 6.17. The van der Waals surface area contributed by atoms with Crippen LogP contribution in [0.3, 0.4) is 0 Å².